The van der Waals surface area contributed by atoms with Gasteiger partial charge in [0.1, 0.15) is 11.5 Å². The lowest BCUT2D eigenvalue weighted by atomic mass is 9.77. The molecule has 0 atom stereocenters. The third-order valence-electron chi connectivity index (χ3n) is 4.10. The van der Waals surface area contributed by atoms with E-state index in [1.54, 1.807) is 0 Å². The van der Waals surface area contributed by atoms with Crippen molar-refractivity contribution in [1.29, 1.82) is 0 Å². The van der Waals surface area contributed by atoms with E-state index in [0.29, 0.717) is 6.54 Å². The van der Waals surface area contributed by atoms with E-state index in [-0.39, 0.29) is 16.9 Å². The van der Waals surface area contributed by atoms with Crippen molar-refractivity contribution in [3.05, 3.63) is 23.3 Å². The van der Waals surface area contributed by atoms with Crippen LogP contribution in [0.2, 0.25) is 0 Å². The Bertz CT molecular complexity index is 409. The standard InChI is InChI=1S/C14H21NO2/c1-2-10-7-11(13(17)8-12(10)16)14(9-15)5-3-4-6-14/h7-8,16-17H,2-6,9,15H2,1H3. The van der Waals surface area contributed by atoms with Gasteiger partial charge < -0.3 is 15.9 Å². The maximum Gasteiger partial charge on any atom is 0.123 e. The molecule has 0 heterocycles. The van der Waals surface area contributed by atoms with E-state index >= 15 is 0 Å². The van der Waals surface area contributed by atoms with Gasteiger partial charge in [0.25, 0.3) is 0 Å². The molecular weight excluding hydrogens is 214 g/mol. The van der Waals surface area contributed by atoms with Crippen LogP contribution < -0.4 is 5.73 Å². The molecule has 0 unspecified atom stereocenters. The molecule has 0 aromatic heterocycles. The fourth-order valence-electron chi connectivity index (χ4n) is 2.97. The Balaban J connectivity index is 2.50. The molecule has 3 heteroatoms. The summed E-state index contributed by atoms with van der Waals surface area (Å²) < 4.78 is 0. The number of phenolic OH excluding ortho intramolecular Hbond substituents is 2. The zero-order chi connectivity index (χ0) is 12.5. The number of aryl methyl sites for hydroxylation is 1. The number of hydrogen-bond acceptors (Lipinski definition) is 3. The number of benzene rings is 1. The third kappa shape index (κ3) is 2.00. The van der Waals surface area contributed by atoms with Gasteiger partial charge in [-0.15, -0.1) is 0 Å². The van der Waals surface area contributed by atoms with Crippen molar-refractivity contribution < 1.29 is 10.2 Å². The van der Waals surface area contributed by atoms with Crippen molar-refractivity contribution in [3.63, 3.8) is 0 Å². The fourth-order valence-corrected chi connectivity index (χ4v) is 2.97. The van der Waals surface area contributed by atoms with Crippen LogP contribution in [-0.4, -0.2) is 16.8 Å². The van der Waals surface area contributed by atoms with Gasteiger partial charge in [-0.1, -0.05) is 19.8 Å². The molecule has 3 nitrogen and oxygen atoms in total. The lowest BCUT2D eigenvalue weighted by molar-refractivity contribution is 0.398. The second-order valence-corrected chi connectivity index (χ2v) is 5.04. The Morgan fingerprint density at radius 2 is 1.82 bits per heavy atom. The van der Waals surface area contributed by atoms with Crippen LogP contribution in [0.25, 0.3) is 0 Å². The first-order valence-corrected chi connectivity index (χ1v) is 6.38. The molecule has 0 amide bonds. The smallest absolute Gasteiger partial charge is 0.123 e. The molecule has 1 aromatic rings. The SMILES string of the molecule is CCc1cc(C2(CN)CCCC2)c(O)cc1O. The van der Waals surface area contributed by atoms with E-state index in [1.165, 1.54) is 18.9 Å². The minimum atomic E-state index is -0.0816. The van der Waals surface area contributed by atoms with Gasteiger partial charge in [-0.25, -0.2) is 0 Å². The van der Waals surface area contributed by atoms with E-state index in [9.17, 15) is 10.2 Å². The minimum Gasteiger partial charge on any atom is -0.508 e. The van der Waals surface area contributed by atoms with Crippen molar-refractivity contribution >= 4 is 0 Å². The summed E-state index contributed by atoms with van der Waals surface area (Å²) in [6.07, 6.45) is 5.16. The van der Waals surface area contributed by atoms with E-state index in [1.807, 2.05) is 13.0 Å². The highest BCUT2D eigenvalue weighted by molar-refractivity contribution is 5.49. The van der Waals surface area contributed by atoms with Gasteiger partial charge in [0.2, 0.25) is 0 Å². The van der Waals surface area contributed by atoms with Crippen molar-refractivity contribution in [2.75, 3.05) is 6.54 Å². The average molecular weight is 235 g/mol. The van der Waals surface area contributed by atoms with Crippen LogP contribution in [0.3, 0.4) is 0 Å². The largest absolute Gasteiger partial charge is 0.508 e. The number of hydrogen-bond donors (Lipinski definition) is 3. The first kappa shape index (κ1) is 12.2. The summed E-state index contributed by atoms with van der Waals surface area (Å²) in [5.74, 6) is 0.367. The molecule has 4 N–H and O–H groups in total. The number of phenols is 2. The van der Waals surface area contributed by atoms with Gasteiger partial charge in [-0.05, 0) is 30.9 Å². The predicted octanol–water partition coefficient (Wildman–Crippen LogP) is 2.43. The Morgan fingerprint density at radius 3 is 2.35 bits per heavy atom. The molecule has 17 heavy (non-hydrogen) atoms. The Kier molecular flexibility index (Phi) is 3.29. The summed E-state index contributed by atoms with van der Waals surface area (Å²) in [7, 11) is 0. The van der Waals surface area contributed by atoms with Crippen LogP contribution in [0.15, 0.2) is 12.1 Å². The maximum atomic E-state index is 10.1. The molecule has 1 fully saturated rings. The Hall–Kier alpha value is -1.22. The topological polar surface area (TPSA) is 66.5 Å². The number of rotatable bonds is 3. The zero-order valence-electron chi connectivity index (χ0n) is 10.4. The zero-order valence-corrected chi connectivity index (χ0v) is 10.4. The molecule has 2 rings (SSSR count). The number of nitrogens with two attached hydrogens (primary N) is 1. The van der Waals surface area contributed by atoms with Crippen molar-refractivity contribution in [2.45, 2.75) is 44.4 Å². The van der Waals surface area contributed by atoms with Gasteiger partial charge in [0.05, 0.1) is 0 Å². The molecule has 0 radical (unpaired) electrons. The molecule has 1 aromatic carbocycles. The summed E-state index contributed by atoms with van der Waals surface area (Å²) in [6.45, 7) is 2.56. The monoisotopic (exact) mass is 235 g/mol. The fraction of sp³-hybridized carbons (Fsp3) is 0.571. The highest BCUT2D eigenvalue weighted by atomic mass is 16.3. The molecule has 0 saturated heterocycles. The molecule has 0 bridgehead atoms. The molecule has 1 saturated carbocycles. The molecule has 94 valence electrons. The van der Waals surface area contributed by atoms with Gasteiger partial charge >= 0.3 is 0 Å². The quantitative estimate of drug-likeness (QED) is 0.753. The van der Waals surface area contributed by atoms with Crippen molar-refractivity contribution in [2.24, 2.45) is 5.73 Å². The number of aromatic hydroxyl groups is 2. The molecule has 0 spiro atoms. The van der Waals surface area contributed by atoms with Crippen LogP contribution in [0.4, 0.5) is 0 Å². The van der Waals surface area contributed by atoms with E-state index in [4.69, 9.17) is 5.73 Å². The summed E-state index contributed by atoms with van der Waals surface area (Å²) in [5, 5.41) is 19.8. The van der Waals surface area contributed by atoms with Crippen molar-refractivity contribution in [3.8, 4) is 11.5 Å². The first-order valence-electron chi connectivity index (χ1n) is 6.38. The Morgan fingerprint density at radius 1 is 1.18 bits per heavy atom. The van der Waals surface area contributed by atoms with Crippen LogP contribution in [0.5, 0.6) is 11.5 Å². The van der Waals surface area contributed by atoms with Gasteiger partial charge in [-0.3, -0.25) is 0 Å². The second-order valence-electron chi connectivity index (χ2n) is 5.04. The summed E-state index contributed by atoms with van der Waals surface area (Å²) in [6, 6.07) is 3.40. The lowest BCUT2D eigenvalue weighted by Gasteiger charge is -2.29. The summed E-state index contributed by atoms with van der Waals surface area (Å²) >= 11 is 0. The highest BCUT2D eigenvalue weighted by Crippen LogP contribution is 2.45. The molecular formula is C14H21NO2. The van der Waals surface area contributed by atoms with Crippen LogP contribution >= 0.6 is 0 Å². The van der Waals surface area contributed by atoms with Crippen LogP contribution in [0.1, 0.15) is 43.7 Å². The Labute approximate surface area is 102 Å². The van der Waals surface area contributed by atoms with Crippen LogP contribution in [0, 0.1) is 0 Å². The lowest BCUT2D eigenvalue weighted by Crippen LogP contribution is -2.32. The van der Waals surface area contributed by atoms with Crippen molar-refractivity contribution in [1.82, 2.24) is 0 Å². The average Bonchev–Trinajstić information content (AvgIpc) is 2.79. The predicted molar refractivity (Wildman–Crippen MR) is 68.4 cm³/mol. The maximum absolute atomic E-state index is 10.1. The van der Waals surface area contributed by atoms with Gasteiger partial charge in [0, 0.05) is 23.6 Å². The summed E-state index contributed by atoms with van der Waals surface area (Å²) in [4.78, 5) is 0. The minimum absolute atomic E-state index is 0.0816. The van der Waals surface area contributed by atoms with E-state index < -0.39 is 0 Å². The molecule has 1 aliphatic rings. The van der Waals surface area contributed by atoms with Gasteiger partial charge in [-0.2, -0.15) is 0 Å². The van der Waals surface area contributed by atoms with Crippen LogP contribution in [-0.2, 0) is 11.8 Å². The second kappa shape index (κ2) is 4.57. The van der Waals surface area contributed by atoms with E-state index in [0.717, 1.165) is 30.4 Å². The summed E-state index contributed by atoms with van der Waals surface area (Å²) in [5.41, 5.74) is 7.65. The first-order chi connectivity index (χ1) is 8.13. The van der Waals surface area contributed by atoms with Gasteiger partial charge in [0.15, 0.2) is 0 Å². The normalized spacial score (nSPS) is 18.5. The highest BCUT2D eigenvalue weighted by Gasteiger charge is 2.36. The molecule has 0 aliphatic heterocycles. The molecule has 1 aliphatic carbocycles. The third-order valence-corrected chi connectivity index (χ3v) is 4.10. The van der Waals surface area contributed by atoms with E-state index in [2.05, 4.69) is 0 Å².